The number of hydrogen-bond acceptors (Lipinski definition) is 1. The van der Waals surface area contributed by atoms with Crippen molar-refractivity contribution in [2.24, 2.45) is 10.2 Å². The molecule has 0 radical (unpaired) electrons. The van der Waals surface area contributed by atoms with Gasteiger partial charge in [-0.3, -0.25) is 4.74 Å². The lowest BCUT2D eigenvalue weighted by Gasteiger charge is -2.47. The lowest BCUT2D eigenvalue weighted by Crippen LogP contribution is -2.39. The van der Waals surface area contributed by atoms with Crippen LogP contribution in [-0.2, 0) is 0 Å². The van der Waals surface area contributed by atoms with Crippen LogP contribution in [0.3, 0.4) is 0 Å². The molecule has 0 bridgehead atoms. The van der Waals surface area contributed by atoms with Crippen molar-refractivity contribution >= 4 is 7.51 Å². The summed E-state index contributed by atoms with van der Waals surface area (Å²) in [5.74, 6) is 0. The summed E-state index contributed by atoms with van der Waals surface area (Å²) in [6.07, 6.45) is 10.7. The van der Waals surface area contributed by atoms with Crippen molar-refractivity contribution in [1.29, 1.82) is 0 Å². The quantitative estimate of drug-likeness (QED) is 0.583. The van der Waals surface area contributed by atoms with E-state index in [2.05, 4.69) is 41.7 Å². The van der Waals surface area contributed by atoms with Gasteiger partial charge in [0.2, 0.25) is 0 Å². The van der Waals surface area contributed by atoms with E-state index in [1.54, 1.807) is 0 Å². The number of nitrogens with zero attached hydrogens (tertiary/aromatic N) is 4. The normalized spacial score (nSPS) is 25.8. The van der Waals surface area contributed by atoms with Gasteiger partial charge in [0.1, 0.15) is 0 Å². The van der Waals surface area contributed by atoms with Gasteiger partial charge in [-0.1, -0.05) is 34.1 Å². The van der Waals surface area contributed by atoms with Crippen LogP contribution in [0, 0.1) is 5.41 Å². The Morgan fingerprint density at radius 3 is 1.40 bits per heavy atom. The van der Waals surface area contributed by atoms with Gasteiger partial charge in [-0.2, -0.15) is 0 Å². The third kappa shape index (κ3) is 4.18. The van der Waals surface area contributed by atoms with Crippen molar-refractivity contribution in [3.05, 3.63) is 0 Å². The van der Waals surface area contributed by atoms with Gasteiger partial charge in [-0.25, -0.2) is 14.0 Å². The molecule has 146 valence electrons. The standard InChI is InChI=1S/C20H41N4P/c1-5-12-19(20(2,3)4)21-25(22-13-6-7-14-22,23-15-8-9-16-23)24-17-10-11-18-24/h19H,5-18H2,1-4H3. The van der Waals surface area contributed by atoms with Crippen molar-refractivity contribution in [3.8, 4) is 0 Å². The molecule has 3 aliphatic rings. The van der Waals surface area contributed by atoms with Crippen molar-refractivity contribution < 1.29 is 0 Å². The molecule has 0 amide bonds. The Bertz CT molecular complexity index is 419. The molecule has 1 unspecified atom stereocenters. The molecule has 0 aromatic rings. The minimum Gasteiger partial charge on any atom is -0.257 e. The van der Waals surface area contributed by atoms with Crippen LogP contribution in [-0.4, -0.2) is 59.3 Å². The Kier molecular flexibility index (Phi) is 6.69. The molecule has 3 heterocycles. The second kappa shape index (κ2) is 8.42. The van der Waals surface area contributed by atoms with Crippen LogP contribution in [0.15, 0.2) is 4.74 Å². The molecule has 3 aliphatic heterocycles. The molecule has 0 N–H and O–H groups in total. The van der Waals surface area contributed by atoms with Crippen LogP contribution in [0.1, 0.15) is 79.1 Å². The van der Waals surface area contributed by atoms with E-state index in [-0.39, 0.29) is 5.41 Å². The van der Waals surface area contributed by atoms with Crippen LogP contribution in [0.4, 0.5) is 0 Å². The molecule has 0 aromatic heterocycles. The first-order valence-corrected chi connectivity index (χ1v) is 12.5. The van der Waals surface area contributed by atoms with E-state index in [1.807, 2.05) is 0 Å². The molecule has 1 atom stereocenters. The van der Waals surface area contributed by atoms with E-state index in [1.165, 1.54) is 90.6 Å². The second-order valence-electron chi connectivity index (χ2n) is 9.30. The van der Waals surface area contributed by atoms with Crippen LogP contribution in [0.25, 0.3) is 0 Å². The van der Waals surface area contributed by atoms with E-state index < -0.39 is 7.51 Å². The van der Waals surface area contributed by atoms with Gasteiger partial charge < -0.3 is 0 Å². The first-order valence-electron chi connectivity index (χ1n) is 10.9. The Morgan fingerprint density at radius 2 is 1.12 bits per heavy atom. The van der Waals surface area contributed by atoms with E-state index in [0.717, 1.165) is 0 Å². The SMILES string of the molecule is CCCC(N=P(N1CCCC1)(N1CCCC1)N1CCCC1)C(C)(C)C. The zero-order valence-corrected chi connectivity index (χ0v) is 18.1. The Morgan fingerprint density at radius 1 is 0.760 bits per heavy atom. The third-order valence-corrected chi connectivity index (χ3v) is 10.3. The van der Waals surface area contributed by atoms with Gasteiger partial charge in [0.05, 0.1) is 6.04 Å². The first kappa shape index (κ1) is 19.9. The van der Waals surface area contributed by atoms with Crippen molar-refractivity contribution in [2.45, 2.75) is 85.1 Å². The Balaban J connectivity index is 2.08. The lowest BCUT2D eigenvalue weighted by molar-refractivity contribution is 0.296. The summed E-state index contributed by atoms with van der Waals surface area (Å²) in [6, 6.07) is 0.479. The smallest absolute Gasteiger partial charge is 0.168 e. The van der Waals surface area contributed by atoms with Crippen LogP contribution >= 0.6 is 7.51 Å². The van der Waals surface area contributed by atoms with E-state index in [9.17, 15) is 0 Å². The predicted molar refractivity (Wildman–Crippen MR) is 110 cm³/mol. The fourth-order valence-corrected chi connectivity index (χ4v) is 9.59. The molecule has 3 fully saturated rings. The summed E-state index contributed by atoms with van der Waals surface area (Å²) in [4.78, 5) is 0. The third-order valence-electron chi connectivity index (χ3n) is 6.24. The van der Waals surface area contributed by atoms with Crippen molar-refractivity contribution in [2.75, 3.05) is 39.3 Å². The molecule has 4 nitrogen and oxygen atoms in total. The number of hydrogen-bond donors (Lipinski definition) is 0. The second-order valence-corrected chi connectivity index (χ2v) is 12.3. The minimum atomic E-state index is -1.70. The zero-order chi connectivity index (χ0) is 17.9. The van der Waals surface area contributed by atoms with Crippen LogP contribution in [0.2, 0.25) is 0 Å². The summed E-state index contributed by atoms with van der Waals surface area (Å²) in [5.41, 5.74) is 0.264. The summed E-state index contributed by atoms with van der Waals surface area (Å²) >= 11 is 0. The van der Waals surface area contributed by atoms with Gasteiger partial charge in [0, 0.05) is 39.3 Å². The summed E-state index contributed by atoms with van der Waals surface area (Å²) in [5, 5.41) is 0. The maximum Gasteiger partial charge on any atom is 0.168 e. The molecular weight excluding hydrogens is 327 g/mol. The average Bonchev–Trinajstić information content (AvgIpc) is 3.34. The highest BCUT2D eigenvalue weighted by Crippen LogP contribution is 2.64. The molecule has 0 saturated carbocycles. The first-order chi connectivity index (χ1) is 12.0. The topological polar surface area (TPSA) is 22.1 Å². The molecule has 0 spiro atoms. The molecule has 5 heteroatoms. The maximum absolute atomic E-state index is 5.90. The highest BCUT2D eigenvalue weighted by molar-refractivity contribution is 7.59. The van der Waals surface area contributed by atoms with Crippen LogP contribution < -0.4 is 0 Å². The van der Waals surface area contributed by atoms with Gasteiger partial charge in [0.15, 0.2) is 7.51 Å². The monoisotopic (exact) mass is 368 g/mol. The molecule has 25 heavy (non-hydrogen) atoms. The highest BCUT2D eigenvalue weighted by atomic mass is 31.2. The summed E-state index contributed by atoms with van der Waals surface area (Å²) in [7, 11) is -1.70. The van der Waals surface area contributed by atoms with Crippen molar-refractivity contribution in [3.63, 3.8) is 0 Å². The summed E-state index contributed by atoms with van der Waals surface area (Å²) < 4.78 is 14.5. The van der Waals surface area contributed by atoms with Crippen molar-refractivity contribution in [1.82, 2.24) is 14.0 Å². The molecule has 3 saturated heterocycles. The van der Waals surface area contributed by atoms with Gasteiger partial charge in [0.25, 0.3) is 0 Å². The fourth-order valence-electron chi connectivity index (χ4n) is 4.79. The number of rotatable bonds is 6. The molecule has 0 aliphatic carbocycles. The fraction of sp³-hybridized carbons (Fsp3) is 1.00. The average molecular weight is 369 g/mol. The van der Waals surface area contributed by atoms with E-state index in [0.29, 0.717) is 6.04 Å². The minimum absolute atomic E-state index is 0.264. The van der Waals surface area contributed by atoms with Gasteiger partial charge in [-0.05, 0) is 50.4 Å². The lowest BCUT2D eigenvalue weighted by atomic mass is 9.85. The van der Waals surface area contributed by atoms with Crippen LogP contribution in [0.5, 0.6) is 0 Å². The van der Waals surface area contributed by atoms with E-state index >= 15 is 0 Å². The largest absolute Gasteiger partial charge is 0.257 e. The zero-order valence-electron chi connectivity index (χ0n) is 17.2. The van der Waals surface area contributed by atoms with Gasteiger partial charge >= 0.3 is 0 Å². The predicted octanol–water partition coefficient (Wildman–Crippen LogP) is 5.43. The molecule has 3 rings (SSSR count). The Hall–Kier alpha value is 0.110. The maximum atomic E-state index is 5.90. The molecular formula is C20H41N4P. The summed E-state index contributed by atoms with van der Waals surface area (Å²) in [6.45, 7) is 17.2. The Labute approximate surface area is 156 Å². The molecule has 0 aromatic carbocycles. The van der Waals surface area contributed by atoms with Gasteiger partial charge in [-0.15, -0.1) is 0 Å². The van der Waals surface area contributed by atoms with E-state index in [4.69, 9.17) is 4.74 Å². The highest BCUT2D eigenvalue weighted by Gasteiger charge is 2.44.